The van der Waals surface area contributed by atoms with Gasteiger partial charge < -0.3 is 0 Å². The van der Waals surface area contributed by atoms with E-state index in [1.165, 1.54) is 6.08 Å². The summed E-state index contributed by atoms with van der Waals surface area (Å²) in [6, 6.07) is 14.9. The van der Waals surface area contributed by atoms with Gasteiger partial charge in [0.1, 0.15) is 11.0 Å². The van der Waals surface area contributed by atoms with E-state index in [9.17, 15) is 8.42 Å². The van der Waals surface area contributed by atoms with Crippen LogP contribution in [0.5, 0.6) is 0 Å². The highest BCUT2D eigenvalue weighted by atomic mass is 32.2. The average molecular weight is 257 g/mol. The molecule has 0 atom stereocenters. The third-order valence-corrected chi connectivity index (χ3v) is 3.63. The van der Waals surface area contributed by atoms with Gasteiger partial charge in [0.05, 0.1) is 0 Å². The predicted molar refractivity (Wildman–Crippen MR) is 72.4 cm³/mol. The van der Waals surface area contributed by atoms with Crippen LogP contribution in [0.1, 0.15) is 5.56 Å². The van der Waals surface area contributed by atoms with Crippen molar-refractivity contribution in [3.8, 4) is 6.07 Å². The van der Waals surface area contributed by atoms with Crippen molar-refractivity contribution in [2.45, 2.75) is 0 Å². The van der Waals surface area contributed by atoms with Crippen molar-refractivity contribution < 1.29 is 8.42 Å². The van der Waals surface area contributed by atoms with Gasteiger partial charge in [-0.05, 0) is 22.4 Å². The van der Waals surface area contributed by atoms with Crippen molar-refractivity contribution in [1.82, 2.24) is 0 Å². The molecule has 2 aromatic carbocycles. The monoisotopic (exact) mass is 257 g/mol. The average Bonchev–Trinajstić information content (AvgIpc) is 2.34. The van der Waals surface area contributed by atoms with Gasteiger partial charge in [-0.1, -0.05) is 42.5 Å². The second-order valence-corrected chi connectivity index (χ2v) is 5.95. The molecule has 0 N–H and O–H groups in total. The first-order chi connectivity index (χ1) is 8.52. The molecule has 0 spiro atoms. The fourth-order valence-electron chi connectivity index (χ4n) is 1.74. The van der Waals surface area contributed by atoms with Crippen molar-refractivity contribution in [1.29, 1.82) is 5.26 Å². The number of hydrogen-bond donors (Lipinski definition) is 0. The molecule has 0 amide bonds. The van der Waals surface area contributed by atoms with Crippen LogP contribution < -0.4 is 0 Å². The van der Waals surface area contributed by atoms with E-state index in [0.29, 0.717) is 0 Å². The quantitative estimate of drug-likeness (QED) is 0.777. The van der Waals surface area contributed by atoms with Gasteiger partial charge in [-0.2, -0.15) is 5.26 Å². The maximum Gasteiger partial charge on any atom is 0.185 e. The van der Waals surface area contributed by atoms with E-state index in [1.807, 2.05) is 36.4 Å². The Kier molecular flexibility index (Phi) is 3.17. The Hall–Kier alpha value is -2.12. The topological polar surface area (TPSA) is 57.9 Å². The molecule has 18 heavy (non-hydrogen) atoms. The zero-order chi connectivity index (χ0) is 13.2. The molecule has 0 aliphatic carbocycles. The number of allylic oxidation sites excluding steroid dienone is 1. The molecule has 0 aliphatic rings. The van der Waals surface area contributed by atoms with Crippen LogP contribution in [0.4, 0.5) is 0 Å². The summed E-state index contributed by atoms with van der Waals surface area (Å²) in [5.74, 6) is 0. The second kappa shape index (κ2) is 4.63. The molecule has 0 aliphatic heterocycles. The zero-order valence-electron chi connectivity index (χ0n) is 9.79. The molecular weight excluding hydrogens is 246 g/mol. The molecule has 3 nitrogen and oxygen atoms in total. The number of hydrogen-bond acceptors (Lipinski definition) is 3. The normalized spacial score (nSPS) is 12.3. The molecule has 0 fully saturated rings. The van der Waals surface area contributed by atoms with Gasteiger partial charge in [0.25, 0.3) is 0 Å². The summed E-state index contributed by atoms with van der Waals surface area (Å²) < 4.78 is 22.8. The molecule has 0 saturated heterocycles. The predicted octanol–water partition coefficient (Wildman–Crippen LogP) is 2.75. The third-order valence-electron chi connectivity index (χ3n) is 2.62. The second-order valence-electron chi connectivity index (χ2n) is 3.96. The fraction of sp³-hybridized carbons (Fsp3) is 0.0714. The Bertz CT molecular complexity index is 762. The van der Waals surface area contributed by atoms with Crippen LogP contribution in [0.2, 0.25) is 0 Å². The summed E-state index contributed by atoms with van der Waals surface area (Å²) in [5, 5.41) is 10.8. The Balaban J connectivity index is 2.70. The number of fused-ring (bicyclic) bond motifs is 1. The van der Waals surface area contributed by atoms with Crippen LogP contribution in [0.15, 0.2) is 47.4 Å². The molecule has 0 bridgehead atoms. The lowest BCUT2D eigenvalue weighted by molar-refractivity contribution is 0.609. The highest BCUT2D eigenvalue weighted by Gasteiger charge is 2.11. The maximum absolute atomic E-state index is 11.4. The van der Waals surface area contributed by atoms with Crippen molar-refractivity contribution in [2.24, 2.45) is 0 Å². The van der Waals surface area contributed by atoms with E-state index >= 15 is 0 Å². The minimum absolute atomic E-state index is 0.223. The number of rotatable bonds is 2. The molecule has 2 aromatic rings. The van der Waals surface area contributed by atoms with E-state index in [2.05, 4.69) is 0 Å². The molecule has 90 valence electrons. The summed E-state index contributed by atoms with van der Waals surface area (Å²) in [4.78, 5) is -0.223. The maximum atomic E-state index is 11.4. The van der Waals surface area contributed by atoms with E-state index in [0.717, 1.165) is 22.6 Å². The molecule has 0 radical (unpaired) electrons. The summed E-state index contributed by atoms with van der Waals surface area (Å²) in [7, 11) is -3.48. The third kappa shape index (κ3) is 2.41. The highest BCUT2D eigenvalue weighted by molar-refractivity contribution is 7.95. The smallest absolute Gasteiger partial charge is 0.185 e. The zero-order valence-corrected chi connectivity index (χ0v) is 10.6. The molecule has 0 unspecified atom stereocenters. The fourth-order valence-corrected chi connectivity index (χ4v) is 2.25. The number of nitriles is 1. The van der Waals surface area contributed by atoms with Gasteiger partial charge in [-0.25, -0.2) is 8.42 Å². The molecule has 0 aromatic heterocycles. The Morgan fingerprint density at radius 3 is 2.50 bits per heavy atom. The minimum atomic E-state index is -3.48. The lowest BCUT2D eigenvalue weighted by Gasteiger charge is -2.02. The summed E-state index contributed by atoms with van der Waals surface area (Å²) in [6.07, 6.45) is 2.45. The van der Waals surface area contributed by atoms with E-state index in [-0.39, 0.29) is 4.91 Å². The van der Waals surface area contributed by atoms with Crippen LogP contribution in [0, 0.1) is 11.3 Å². The van der Waals surface area contributed by atoms with Crippen LogP contribution in [-0.4, -0.2) is 14.7 Å². The van der Waals surface area contributed by atoms with Gasteiger partial charge in [-0.15, -0.1) is 0 Å². The van der Waals surface area contributed by atoms with Gasteiger partial charge in [0.2, 0.25) is 0 Å². The van der Waals surface area contributed by atoms with Gasteiger partial charge in [0, 0.05) is 6.26 Å². The minimum Gasteiger partial charge on any atom is -0.223 e. The first-order valence-corrected chi connectivity index (χ1v) is 7.21. The SMILES string of the molecule is CS(=O)(=O)/C(C#N)=C/c1cccc2ccccc12. The highest BCUT2D eigenvalue weighted by Crippen LogP contribution is 2.21. The van der Waals surface area contributed by atoms with E-state index in [4.69, 9.17) is 5.26 Å². The standard InChI is InChI=1S/C14H11NO2S/c1-18(16,17)13(10-15)9-12-7-4-6-11-5-2-3-8-14(11)12/h2-9H,1H3/b13-9+. The van der Waals surface area contributed by atoms with Crippen LogP contribution >= 0.6 is 0 Å². The Labute approximate surface area is 106 Å². The first-order valence-electron chi connectivity index (χ1n) is 5.32. The molecule has 0 saturated carbocycles. The van der Waals surface area contributed by atoms with Gasteiger partial charge in [-0.3, -0.25) is 0 Å². The molecule has 0 heterocycles. The van der Waals surface area contributed by atoms with E-state index in [1.54, 1.807) is 12.1 Å². The molecule has 2 rings (SSSR count). The summed E-state index contributed by atoms with van der Waals surface area (Å²) >= 11 is 0. The molecule has 4 heteroatoms. The van der Waals surface area contributed by atoms with Gasteiger partial charge in [0.15, 0.2) is 9.84 Å². The summed E-state index contributed by atoms with van der Waals surface area (Å²) in [5.41, 5.74) is 0.732. The summed E-state index contributed by atoms with van der Waals surface area (Å²) in [6.45, 7) is 0. The number of benzene rings is 2. The van der Waals surface area contributed by atoms with Crippen molar-refractivity contribution in [3.63, 3.8) is 0 Å². The Morgan fingerprint density at radius 2 is 1.83 bits per heavy atom. The van der Waals surface area contributed by atoms with Crippen LogP contribution in [-0.2, 0) is 9.84 Å². The lowest BCUT2D eigenvalue weighted by atomic mass is 10.0. The lowest BCUT2D eigenvalue weighted by Crippen LogP contribution is -1.98. The van der Waals surface area contributed by atoms with Crippen molar-refractivity contribution in [3.05, 3.63) is 52.9 Å². The number of sulfone groups is 1. The van der Waals surface area contributed by atoms with Crippen molar-refractivity contribution >= 4 is 26.7 Å². The van der Waals surface area contributed by atoms with Crippen molar-refractivity contribution in [2.75, 3.05) is 6.26 Å². The Morgan fingerprint density at radius 1 is 1.17 bits per heavy atom. The van der Waals surface area contributed by atoms with Crippen LogP contribution in [0.3, 0.4) is 0 Å². The number of nitrogens with zero attached hydrogens (tertiary/aromatic N) is 1. The largest absolute Gasteiger partial charge is 0.223 e. The van der Waals surface area contributed by atoms with Crippen LogP contribution in [0.25, 0.3) is 16.8 Å². The van der Waals surface area contributed by atoms with E-state index < -0.39 is 9.84 Å². The van der Waals surface area contributed by atoms with Gasteiger partial charge >= 0.3 is 0 Å². The first kappa shape index (κ1) is 12.3. The molecular formula is C14H11NO2S.